The summed E-state index contributed by atoms with van der Waals surface area (Å²) in [6, 6.07) is -1.64. The van der Waals surface area contributed by atoms with Gasteiger partial charge in [0.05, 0.1) is 0 Å². The number of aliphatic carboxylic acids is 2. The molecule has 0 aliphatic rings. The van der Waals surface area contributed by atoms with E-state index in [4.69, 9.17) is 44.0 Å². The van der Waals surface area contributed by atoms with Gasteiger partial charge in [-0.2, -0.15) is 0 Å². The predicted molar refractivity (Wildman–Crippen MR) is 98.8 cm³/mol. The molecule has 0 aliphatic carbocycles. The zero-order chi connectivity index (χ0) is 20.9. The average molecular weight is 376 g/mol. The van der Waals surface area contributed by atoms with Gasteiger partial charge in [-0.25, -0.2) is 0 Å². The predicted octanol–water partition coefficient (Wildman–Crippen LogP) is -1.99. The van der Waals surface area contributed by atoms with E-state index in [2.05, 4.69) is 0 Å². The molecule has 0 fully saturated rings. The van der Waals surface area contributed by atoms with Crippen molar-refractivity contribution in [3.8, 4) is 0 Å². The number of carboxylic acid groups (broad SMARTS) is 2. The molecule has 0 heterocycles. The third kappa shape index (κ3) is 13.8. The highest BCUT2D eigenvalue weighted by atomic mass is 16.4. The van der Waals surface area contributed by atoms with Crippen molar-refractivity contribution in [3.63, 3.8) is 0 Å². The van der Waals surface area contributed by atoms with E-state index in [1.807, 2.05) is 0 Å². The van der Waals surface area contributed by atoms with Crippen LogP contribution >= 0.6 is 0 Å². The van der Waals surface area contributed by atoms with Crippen molar-refractivity contribution in [1.29, 1.82) is 10.8 Å². The summed E-state index contributed by atoms with van der Waals surface area (Å²) in [5.41, 5.74) is 20.9. The Morgan fingerprint density at radius 3 is 1.31 bits per heavy atom. The van der Waals surface area contributed by atoms with Gasteiger partial charge in [0.25, 0.3) is 0 Å². The number of hydrogen-bond donors (Lipinski definition) is 8. The van der Waals surface area contributed by atoms with Crippen LogP contribution < -0.4 is 22.9 Å². The Hall–Kier alpha value is -2.60. The molecule has 0 saturated carbocycles. The maximum Gasteiger partial charge on any atom is 0.320 e. The fourth-order valence-corrected chi connectivity index (χ4v) is 1.58. The first-order valence-corrected chi connectivity index (χ1v) is 7.97. The molecule has 0 spiro atoms. The van der Waals surface area contributed by atoms with Crippen LogP contribution in [0, 0.1) is 10.8 Å². The number of guanidine groups is 2. The number of nitrogens with zero attached hydrogens (tertiary/aromatic N) is 2. The number of carbonyl (C=O) groups is 2. The van der Waals surface area contributed by atoms with E-state index in [0.717, 1.165) is 0 Å². The summed E-state index contributed by atoms with van der Waals surface area (Å²) in [7, 11) is 3.35. The van der Waals surface area contributed by atoms with Crippen LogP contribution in [0.25, 0.3) is 0 Å². The quantitative estimate of drug-likeness (QED) is 0.154. The van der Waals surface area contributed by atoms with Gasteiger partial charge >= 0.3 is 11.9 Å². The zero-order valence-electron chi connectivity index (χ0n) is 15.3. The second-order valence-corrected chi connectivity index (χ2v) is 5.79. The van der Waals surface area contributed by atoms with Crippen molar-refractivity contribution < 1.29 is 19.8 Å². The lowest BCUT2D eigenvalue weighted by Gasteiger charge is -2.16. The third-order valence-corrected chi connectivity index (χ3v) is 3.47. The van der Waals surface area contributed by atoms with Crippen LogP contribution in [-0.4, -0.2) is 83.1 Å². The van der Waals surface area contributed by atoms with E-state index >= 15 is 0 Å². The first kappa shape index (κ1) is 25.6. The fraction of sp³-hybridized carbons (Fsp3) is 0.714. The van der Waals surface area contributed by atoms with Gasteiger partial charge in [-0.05, 0) is 25.7 Å². The minimum absolute atomic E-state index is 0.0242. The monoisotopic (exact) mass is 376 g/mol. The molecule has 0 aromatic rings. The summed E-state index contributed by atoms with van der Waals surface area (Å²) >= 11 is 0. The molecule has 0 aliphatic heterocycles. The summed E-state index contributed by atoms with van der Waals surface area (Å²) in [6.45, 7) is 1.10. The van der Waals surface area contributed by atoms with E-state index in [1.165, 1.54) is 9.80 Å². The number of nitrogens with two attached hydrogens (primary N) is 4. The molecule has 0 rings (SSSR count). The number of rotatable bonds is 10. The summed E-state index contributed by atoms with van der Waals surface area (Å²) in [5.74, 6) is -2.04. The molecule has 2 atom stereocenters. The Bertz CT molecular complexity index is 392. The zero-order valence-corrected chi connectivity index (χ0v) is 15.3. The van der Waals surface area contributed by atoms with Gasteiger partial charge in [0, 0.05) is 27.2 Å². The molecule has 0 amide bonds. The van der Waals surface area contributed by atoms with Gasteiger partial charge in [0.2, 0.25) is 0 Å². The first-order chi connectivity index (χ1) is 11.9. The molecule has 26 heavy (non-hydrogen) atoms. The van der Waals surface area contributed by atoms with E-state index < -0.39 is 24.0 Å². The summed E-state index contributed by atoms with van der Waals surface area (Å²) in [6.07, 6.45) is 2.02. The highest BCUT2D eigenvalue weighted by Gasteiger charge is 2.11. The Morgan fingerprint density at radius 1 is 0.846 bits per heavy atom. The molecule has 0 saturated heterocycles. The van der Waals surface area contributed by atoms with Crippen molar-refractivity contribution in [1.82, 2.24) is 9.80 Å². The third-order valence-electron chi connectivity index (χ3n) is 3.47. The first-order valence-electron chi connectivity index (χ1n) is 7.97. The molecule has 0 bridgehead atoms. The van der Waals surface area contributed by atoms with Gasteiger partial charge in [0.1, 0.15) is 12.1 Å². The molecular formula is C14H32N8O4. The van der Waals surface area contributed by atoms with Crippen LogP contribution in [0.2, 0.25) is 0 Å². The highest BCUT2D eigenvalue weighted by Crippen LogP contribution is 1.97. The van der Waals surface area contributed by atoms with Crippen LogP contribution in [0.3, 0.4) is 0 Å². The Kier molecular flexibility index (Phi) is 13.5. The van der Waals surface area contributed by atoms with Crippen molar-refractivity contribution >= 4 is 23.9 Å². The van der Waals surface area contributed by atoms with Crippen molar-refractivity contribution in [2.45, 2.75) is 37.8 Å². The number of nitrogens with one attached hydrogen (secondary N) is 2. The second kappa shape index (κ2) is 13.7. The van der Waals surface area contributed by atoms with E-state index in [-0.39, 0.29) is 11.9 Å². The van der Waals surface area contributed by atoms with Gasteiger partial charge in [-0.3, -0.25) is 20.4 Å². The summed E-state index contributed by atoms with van der Waals surface area (Å²) < 4.78 is 0. The molecule has 0 aromatic carbocycles. The smallest absolute Gasteiger partial charge is 0.320 e. The Morgan fingerprint density at radius 2 is 1.12 bits per heavy atom. The van der Waals surface area contributed by atoms with Crippen LogP contribution in [-0.2, 0) is 9.59 Å². The Balaban J connectivity index is 0. The van der Waals surface area contributed by atoms with Crippen molar-refractivity contribution in [2.24, 2.45) is 22.9 Å². The minimum Gasteiger partial charge on any atom is -0.480 e. The maximum atomic E-state index is 10.3. The van der Waals surface area contributed by atoms with Crippen LogP contribution in [0.15, 0.2) is 0 Å². The van der Waals surface area contributed by atoms with Gasteiger partial charge in [0.15, 0.2) is 11.9 Å². The minimum atomic E-state index is -0.995. The lowest BCUT2D eigenvalue weighted by atomic mass is 10.1. The second-order valence-electron chi connectivity index (χ2n) is 5.79. The number of carboxylic acids is 2. The van der Waals surface area contributed by atoms with Gasteiger partial charge in [-0.15, -0.1) is 0 Å². The average Bonchev–Trinajstić information content (AvgIpc) is 2.54. The molecular weight excluding hydrogens is 344 g/mol. The van der Waals surface area contributed by atoms with Crippen LogP contribution in [0.5, 0.6) is 0 Å². The SMILES string of the molecule is CN(CCCC(N)C(=O)O)C(=N)N.CN(CCCC(N)C(=O)O)C(=N)N. The maximum absolute atomic E-state index is 10.3. The summed E-state index contributed by atoms with van der Waals surface area (Å²) in [5, 5.41) is 31.0. The molecule has 12 N–H and O–H groups in total. The van der Waals surface area contributed by atoms with Gasteiger partial charge in [-0.1, -0.05) is 0 Å². The summed E-state index contributed by atoms with van der Waals surface area (Å²) in [4.78, 5) is 23.7. The fourth-order valence-electron chi connectivity index (χ4n) is 1.58. The van der Waals surface area contributed by atoms with Gasteiger partial charge < -0.3 is 42.9 Å². The van der Waals surface area contributed by atoms with Crippen molar-refractivity contribution in [3.05, 3.63) is 0 Å². The van der Waals surface area contributed by atoms with E-state index in [9.17, 15) is 9.59 Å². The van der Waals surface area contributed by atoms with E-state index in [1.54, 1.807) is 14.1 Å². The Labute approximate surface area is 153 Å². The lowest BCUT2D eigenvalue weighted by molar-refractivity contribution is -0.139. The molecule has 0 aromatic heterocycles. The molecule has 2 unspecified atom stereocenters. The van der Waals surface area contributed by atoms with Crippen LogP contribution in [0.4, 0.5) is 0 Å². The highest BCUT2D eigenvalue weighted by molar-refractivity contribution is 5.75. The molecule has 152 valence electrons. The van der Waals surface area contributed by atoms with E-state index in [0.29, 0.717) is 38.8 Å². The molecule has 12 heteroatoms. The lowest BCUT2D eigenvalue weighted by Crippen LogP contribution is -2.35. The molecule has 12 nitrogen and oxygen atoms in total. The number of hydrogen-bond acceptors (Lipinski definition) is 6. The molecule has 0 radical (unpaired) electrons. The van der Waals surface area contributed by atoms with Crippen molar-refractivity contribution in [2.75, 3.05) is 27.2 Å². The normalized spacial score (nSPS) is 12.2. The topological polar surface area (TPSA) is 233 Å². The largest absolute Gasteiger partial charge is 0.480 e. The standard InChI is InChI=1S/2C7H16N4O2/c2*1-11(7(9)10)4-2-3-5(8)6(12)13/h2*5H,2-4,8H2,1H3,(H3,9,10)(H,12,13). The van der Waals surface area contributed by atoms with Crippen LogP contribution in [0.1, 0.15) is 25.7 Å².